The molecule has 1 amide bonds. The van der Waals surface area contributed by atoms with E-state index in [1.54, 1.807) is 12.4 Å². The second kappa shape index (κ2) is 7.28. The van der Waals surface area contributed by atoms with Crippen molar-refractivity contribution in [2.75, 3.05) is 20.1 Å². The van der Waals surface area contributed by atoms with Crippen molar-refractivity contribution in [2.24, 2.45) is 0 Å². The largest absolute Gasteiger partial charge is 0.337 e. The normalized spacial score (nSPS) is 16.7. The van der Waals surface area contributed by atoms with Gasteiger partial charge in [0.2, 0.25) is 0 Å². The molecular formula is C14H24N4O. The van der Waals surface area contributed by atoms with Gasteiger partial charge in [-0.25, -0.2) is 9.78 Å². The van der Waals surface area contributed by atoms with Crippen LogP contribution in [0.1, 0.15) is 38.5 Å². The first-order valence-electron chi connectivity index (χ1n) is 7.24. The SMILES string of the molecule is CN(CCCNC(=O)n1ccnc1)C1CCCCC1. The molecular weight excluding hydrogens is 240 g/mol. The van der Waals surface area contributed by atoms with Crippen LogP contribution in [0.4, 0.5) is 4.79 Å². The number of nitrogens with one attached hydrogen (secondary N) is 1. The number of rotatable bonds is 5. The molecule has 0 saturated heterocycles. The molecule has 19 heavy (non-hydrogen) atoms. The van der Waals surface area contributed by atoms with Crippen molar-refractivity contribution in [3.63, 3.8) is 0 Å². The molecule has 2 rings (SSSR count). The molecule has 106 valence electrons. The number of hydrogen-bond acceptors (Lipinski definition) is 3. The van der Waals surface area contributed by atoms with Crippen LogP contribution in [-0.4, -0.2) is 46.7 Å². The fourth-order valence-corrected chi connectivity index (χ4v) is 2.70. The minimum Gasteiger partial charge on any atom is -0.337 e. The average molecular weight is 264 g/mol. The van der Waals surface area contributed by atoms with Crippen molar-refractivity contribution in [1.82, 2.24) is 19.8 Å². The molecule has 0 aliphatic heterocycles. The van der Waals surface area contributed by atoms with E-state index in [4.69, 9.17) is 0 Å². The van der Waals surface area contributed by atoms with Gasteiger partial charge in [0.1, 0.15) is 6.33 Å². The summed E-state index contributed by atoms with van der Waals surface area (Å²) in [6, 6.07) is 0.649. The van der Waals surface area contributed by atoms with E-state index in [2.05, 4.69) is 22.2 Å². The summed E-state index contributed by atoms with van der Waals surface area (Å²) in [5, 5.41) is 2.90. The molecule has 5 nitrogen and oxygen atoms in total. The van der Waals surface area contributed by atoms with E-state index < -0.39 is 0 Å². The predicted octanol–water partition coefficient (Wildman–Crippen LogP) is 2.10. The molecule has 0 atom stereocenters. The molecule has 1 aliphatic carbocycles. The summed E-state index contributed by atoms with van der Waals surface area (Å²) in [6.07, 6.45) is 12.6. The van der Waals surface area contributed by atoms with E-state index in [1.807, 2.05) is 0 Å². The van der Waals surface area contributed by atoms with Crippen LogP contribution in [0.3, 0.4) is 0 Å². The molecule has 1 fully saturated rings. The Morgan fingerprint density at radius 2 is 2.21 bits per heavy atom. The van der Waals surface area contributed by atoms with Crippen LogP contribution < -0.4 is 5.32 Å². The van der Waals surface area contributed by atoms with Crippen molar-refractivity contribution in [3.8, 4) is 0 Å². The lowest BCUT2D eigenvalue weighted by Gasteiger charge is -2.31. The Balaban J connectivity index is 1.59. The minimum absolute atomic E-state index is 0.0992. The third-order valence-corrected chi connectivity index (χ3v) is 3.90. The molecule has 0 aromatic carbocycles. The maximum atomic E-state index is 11.7. The molecule has 1 heterocycles. The fraction of sp³-hybridized carbons (Fsp3) is 0.714. The molecule has 1 aromatic heterocycles. The zero-order chi connectivity index (χ0) is 13.5. The van der Waals surface area contributed by atoms with Gasteiger partial charge in [0, 0.05) is 25.0 Å². The van der Waals surface area contributed by atoms with Crippen LogP contribution >= 0.6 is 0 Å². The highest BCUT2D eigenvalue weighted by Gasteiger charge is 2.17. The van der Waals surface area contributed by atoms with E-state index in [9.17, 15) is 4.79 Å². The van der Waals surface area contributed by atoms with Gasteiger partial charge in [0.25, 0.3) is 0 Å². The number of hydrogen-bond donors (Lipinski definition) is 1. The van der Waals surface area contributed by atoms with Crippen LogP contribution in [0.25, 0.3) is 0 Å². The zero-order valence-electron chi connectivity index (χ0n) is 11.7. The summed E-state index contributed by atoms with van der Waals surface area (Å²) in [5.41, 5.74) is 0. The Bertz CT molecular complexity index is 371. The Morgan fingerprint density at radius 3 is 2.89 bits per heavy atom. The smallest absolute Gasteiger partial charge is 0.326 e. The van der Waals surface area contributed by atoms with Gasteiger partial charge in [0.05, 0.1) is 0 Å². The lowest BCUT2D eigenvalue weighted by molar-refractivity contribution is 0.189. The fourth-order valence-electron chi connectivity index (χ4n) is 2.70. The number of carbonyl (C=O) groups is 1. The quantitative estimate of drug-likeness (QED) is 0.829. The summed E-state index contributed by atoms with van der Waals surface area (Å²) in [7, 11) is 2.20. The summed E-state index contributed by atoms with van der Waals surface area (Å²) in [4.78, 5) is 18.0. The van der Waals surface area contributed by atoms with Gasteiger partial charge >= 0.3 is 6.03 Å². The predicted molar refractivity (Wildman–Crippen MR) is 75.1 cm³/mol. The lowest BCUT2D eigenvalue weighted by atomic mass is 9.94. The third-order valence-electron chi connectivity index (χ3n) is 3.90. The highest BCUT2D eigenvalue weighted by Crippen LogP contribution is 2.21. The second-order valence-electron chi connectivity index (χ2n) is 5.33. The summed E-state index contributed by atoms with van der Waals surface area (Å²) < 4.78 is 1.46. The minimum atomic E-state index is -0.0992. The van der Waals surface area contributed by atoms with E-state index in [0.717, 1.165) is 19.0 Å². The van der Waals surface area contributed by atoms with Gasteiger partial charge in [-0.3, -0.25) is 4.57 Å². The second-order valence-corrected chi connectivity index (χ2v) is 5.33. The van der Waals surface area contributed by atoms with Crippen molar-refractivity contribution >= 4 is 6.03 Å². The number of carbonyl (C=O) groups excluding carboxylic acids is 1. The summed E-state index contributed by atoms with van der Waals surface area (Å²) in [5.74, 6) is 0. The van der Waals surface area contributed by atoms with Crippen LogP contribution in [-0.2, 0) is 0 Å². The van der Waals surface area contributed by atoms with Gasteiger partial charge in [-0.15, -0.1) is 0 Å². The maximum Gasteiger partial charge on any atom is 0.326 e. The van der Waals surface area contributed by atoms with Gasteiger partial charge in [-0.05, 0) is 32.9 Å². The zero-order valence-corrected chi connectivity index (χ0v) is 11.7. The molecule has 0 spiro atoms. The van der Waals surface area contributed by atoms with Gasteiger partial charge in [0.15, 0.2) is 0 Å². The Hall–Kier alpha value is -1.36. The van der Waals surface area contributed by atoms with Crippen LogP contribution in [0, 0.1) is 0 Å². The summed E-state index contributed by atoms with van der Waals surface area (Å²) in [6.45, 7) is 1.77. The molecule has 1 saturated carbocycles. The van der Waals surface area contributed by atoms with E-state index in [0.29, 0.717) is 6.54 Å². The van der Waals surface area contributed by atoms with Crippen LogP contribution in [0.2, 0.25) is 0 Å². The molecule has 1 aromatic rings. The van der Waals surface area contributed by atoms with Crippen LogP contribution in [0.15, 0.2) is 18.7 Å². The number of imidazole rings is 1. The molecule has 0 bridgehead atoms. The standard InChI is InChI=1S/C14H24N4O/c1-17(13-6-3-2-4-7-13)10-5-8-16-14(19)18-11-9-15-12-18/h9,11-13H,2-8,10H2,1H3,(H,16,19). The van der Waals surface area contributed by atoms with E-state index >= 15 is 0 Å². The first-order valence-corrected chi connectivity index (χ1v) is 7.24. The van der Waals surface area contributed by atoms with Crippen molar-refractivity contribution in [3.05, 3.63) is 18.7 Å². The third kappa shape index (κ3) is 4.35. The number of aromatic nitrogens is 2. The van der Waals surface area contributed by atoms with Crippen molar-refractivity contribution in [2.45, 2.75) is 44.6 Å². The first-order chi connectivity index (χ1) is 9.27. The first kappa shape index (κ1) is 14.1. The Morgan fingerprint density at radius 1 is 1.42 bits per heavy atom. The molecule has 0 unspecified atom stereocenters. The highest BCUT2D eigenvalue weighted by molar-refractivity contribution is 5.76. The van der Waals surface area contributed by atoms with Gasteiger partial charge in [-0.2, -0.15) is 0 Å². The maximum absolute atomic E-state index is 11.7. The van der Waals surface area contributed by atoms with Crippen molar-refractivity contribution in [1.29, 1.82) is 0 Å². The van der Waals surface area contributed by atoms with Crippen LogP contribution in [0.5, 0.6) is 0 Å². The van der Waals surface area contributed by atoms with Gasteiger partial charge < -0.3 is 10.2 Å². The van der Waals surface area contributed by atoms with Crippen molar-refractivity contribution < 1.29 is 4.79 Å². The monoisotopic (exact) mass is 264 g/mol. The molecule has 1 aliphatic rings. The Kier molecular flexibility index (Phi) is 5.39. The number of amides is 1. The van der Waals surface area contributed by atoms with E-state index in [1.165, 1.54) is 43.0 Å². The summed E-state index contributed by atoms with van der Waals surface area (Å²) >= 11 is 0. The van der Waals surface area contributed by atoms with Gasteiger partial charge in [-0.1, -0.05) is 19.3 Å². The average Bonchev–Trinajstić information content (AvgIpc) is 2.98. The molecule has 0 radical (unpaired) electrons. The molecule has 1 N–H and O–H groups in total. The number of nitrogens with zero attached hydrogens (tertiary/aromatic N) is 3. The topological polar surface area (TPSA) is 50.2 Å². The van der Waals surface area contributed by atoms with E-state index in [-0.39, 0.29) is 6.03 Å². The highest BCUT2D eigenvalue weighted by atomic mass is 16.2. The lowest BCUT2D eigenvalue weighted by Crippen LogP contribution is -2.36. The molecule has 5 heteroatoms. The Labute approximate surface area is 115 Å².